The predicted octanol–water partition coefficient (Wildman–Crippen LogP) is 4.62. The Bertz CT molecular complexity index is 293. The first-order valence-corrected chi connectivity index (χ1v) is 6.87. The highest BCUT2D eigenvalue weighted by atomic mass is 79.9. The van der Waals surface area contributed by atoms with Gasteiger partial charge in [-0.25, -0.2) is 8.78 Å². The van der Waals surface area contributed by atoms with E-state index in [0.29, 0.717) is 13.0 Å². The standard InChI is InChI=1S/C9H10Br2F2OS/c10-6(3-4-14-5-9(12)13)7-1-2-8(11)15-7/h1-2,6,9H,3-5H2. The maximum Gasteiger partial charge on any atom is 0.261 e. The molecule has 0 aliphatic carbocycles. The Kier molecular flexibility index (Phi) is 6.26. The molecule has 0 spiro atoms. The summed E-state index contributed by atoms with van der Waals surface area (Å²) in [4.78, 5) is 1.34. The van der Waals surface area contributed by atoms with Crippen molar-refractivity contribution in [2.24, 2.45) is 0 Å². The number of hydrogen-bond donors (Lipinski definition) is 0. The number of ether oxygens (including phenoxy) is 1. The van der Waals surface area contributed by atoms with Crippen LogP contribution in [-0.4, -0.2) is 19.6 Å². The molecule has 15 heavy (non-hydrogen) atoms. The topological polar surface area (TPSA) is 9.23 Å². The van der Waals surface area contributed by atoms with Crippen molar-refractivity contribution in [3.8, 4) is 0 Å². The lowest BCUT2D eigenvalue weighted by molar-refractivity contribution is 0.0168. The van der Waals surface area contributed by atoms with E-state index in [1.54, 1.807) is 11.3 Å². The van der Waals surface area contributed by atoms with E-state index in [1.165, 1.54) is 4.88 Å². The lowest BCUT2D eigenvalue weighted by atomic mass is 10.3. The van der Waals surface area contributed by atoms with E-state index < -0.39 is 13.0 Å². The summed E-state index contributed by atoms with van der Waals surface area (Å²) in [6.07, 6.45) is -1.69. The van der Waals surface area contributed by atoms with Crippen LogP contribution in [0.25, 0.3) is 0 Å². The van der Waals surface area contributed by atoms with Crippen molar-refractivity contribution < 1.29 is 13.5 Å². The van der Waals surface area contributed by atoms with E-state index in [0.717, 1.165) is 3.79 Å². The first-order chi connectivity index (χ1) is 7.09. The van der Waals surface area contributed by atoms with E-state index in [1.807, 2.05) is 12.1 Å². The van der Waals surface area contributed by atoms with Crippen LogP contribution in [0.2, 0.25) is 0 Å². The first-order valence-electron chi connectivity index (χ1n) is 4.35. The van der Waals surface area contributed by atoms with Crippen molar-refractivity contribution >= 4 is 43.2 Å². The monoisotopic (exact) mass is 362 g/mol. The molecule has 1 nitrogen and oxygen atoms in total. The second-order valence-electron chi connectivity index (χ2n) is 2.86. The summed E-state index contributed by atoms with van der Waals surface area (Å²) in [6.45, 7) is -0.135. The third-order valence-electron chi connectivity index (χ3n) is 1.66. The molecule has 0 fully saturated rings. The van der Waals surface area contributed by atoms with Crippen LogP contribution in [0.4, 0.5) is 8.78 Å². The highest BCUT2D eigenvalue weighted by molar-refractivity contribution is 9.11. The van der Waals surface area contributed by atoms with E-state index in [2.05, 4.69) is 31.9 Å². The second kappa shape index (κ2) is 6.93. The predicted molar refractivity (Wildman–Crippen MR) is 65.1 cm³/mol. The van der Waals surface area contributed by atoms with Crippen molar-refractivity contribution in [3.63, 3.8) is 0 Å². The second-order valence-corrected chi connectivity index (χ2v) is 6.46. The number of rotatable bonds is 6. The van der Waals surface area contributed by atoms with Crippen molar-refractivity contribution in [3.05, 3.63) is 20.8 Å². The van der Waals surface area contributed by atoms with Crippen molar-refractivity contribution in [2.75, 3.05) is 13.2 Å². The molecule has 0 saturated carbocycles. The molecule has 1 heterocycles. The average Bonchev–Trinajstić information content (AvgIpc) is 2.59. The van der Waals surface area contributed by atoms with Crippen molar-refractivity contribution in [1.29, 1.82) is 0 Å². The number of thiophene rings is 1. The van der Waals surface area contributed by atoms with E-state index >= 15 is 0 Å². The summed E-state index contributed by atoms with van der Waals surface area (Å²) in [7, 11) is 0. The van der Waals surface area contributed by atoms with Gasteiger partial charge in [0.25, 0.3) is 6.43 Å². The minimum absolute atomic E-state index is 0.173. The summed E-state index contributed by atoms with van der Waals surface area (Å²) >= 11 is 8.48. The van der Waals surface area contributed by atoms with E-state index in [4.69, 9.17) is 4.74 Å². The van der Waals surface area contributed by atoms with Crippen LogP contribution < -0.4 is 0 Å². The van der Waals surface area contributed by atoms with Gasteiger partial charge in [-0.1, -0.05) is 15.9 Å². The zero-order chi connectivity index (χ0) is 11.3. The third kappa shape index (κ3) is 5.38. The van der Waals surface area contributed by atoms with Gasteiger partial charge in [-0.05, 0) is 34.5 Å². The lowest BCUT2D eigenvalue weighted by Gasteiger charge is -2.07. The molecule has 0 bridgehead atoms. The summed E-state index contributed by atoms with van der Waals surface area (Å²) in [5, 5.41) is 0. The van der Waals surface area contributed by atoms with E-state index in [-0.39, 0.29) is 4.83 Å². The third-order valence-corrected chi connectivity index (χ3v) is 4.65. The van der Waals surface area contributed by atoms with Gasteiger partial charge in [0.05, 0.1) is 8.61 Å². The SMILES string of the molecule is FC(F)COCCC(Br)c1ccc(Br)s1. The zero-order valence-corrected chi connectivity index (χ0v) is 11.7. The highest BCUT2D eigenvalue weighted by Crippen LogP contribution is 2.34. The number of hydrogen-bond acceptors (Lipinski definition) is 2. The van der Waals surface area contributed by atoms with Gasteiger partial charge >= 0.3 is 0 Å². The Morgan fingerprint density at radius 2 is 2.13 bits per heavy atom. The summed E-state index contributed by atoms with van der Waals surface area (Å²) < 4.78 is 29.4. The summed E-state index contributed by atoms with van der Waals surface area (Å²) in [5.41, 5.74) is 0. The quantitative estimate of drug-likeness (QED) is 0.529. The van der Waals surface area contributed by atoms with Crippen molar-refractivity contribution in [1.82, 2.24) is 0 Å². The van der Waals surface area contributed by atoms with Crippen LogP contribution in [0, 0.1) is 0 Å². The lowest BCUT2D eigenvalue weighted by Crippen LogP contribution is -2.06. The molecule has 0 aliphatic heterocycles. The molecule has 0 aliphatic rings. The maximum absolute atomic E-state index is 11.7. The Morgan fingerprint density at radius 1 is 1.40 bits per heavy atom. The molecule has 1 aromatic heterocycles. The molecule has 1 aromatic rings. The van der Waals surface area contributed by atoms with Gasteiger partial charge in [0.15, 0.2) is 0 Å². The van der Waals surface area contributed by atoms with Gasteiger partial charge in [-0.2, -0.15) is 0 Å². The van der Waals surface area contributed by atoms with Gasteiger partial charge < -0.3 is 4.74 Å². The fourth-order valence-corrected chi connectivity index (χ4v) is 3.05. The Morgan fingerprint density at radius 3 is 2.67 bits per heavy atom. The minimum atomic E-state index is -2.38. The molecular weight excluding hydrogens is 354 g/mol. The van der Waals surface area contributed by atoms with Crippen LogP contribution >= 0.6 is 43.2 Å². The van der Waals surface area contributed by atoms with E-state index in [9.17, 15) is 8.78 Å². The molecule has 0 N–H and O–H groups in total. The number of halogens is 4. The fraction of sp³-hybridized carbons (Fsp3) is 0.556. The Labute approximate surface area is 108 Å². The normalized spacial score (nSPS) is 13.4. The minimum Gasteiger partial charge on any atom is -0.375 e. The fourth-order valence-electron chi connectivity index (χ4n) is 0.998. The molecule has 1 unspecified atom stereocenters. The van der Waals surface area contributed by atoms with Gasteiger partial charge in [0, 0.05) is 11.5 Å². The zero-order valence-electron chi connectivity index (χ0n) is 7.76. The molecule has 86 valence electrons. The maximum atomic E-state index is 11.7. The average molecular weight is 364 g/mol. The van der Waals surface area contributed by atoms with Crippen LogP contribution in [-0.2, 0) is 4.74 Å². The van der Waals surface area contributed by atoms with Crippen LogP contribution in [0.1, 0.15) is 16.1 Å². The smallest absolute Gasteiger partial charge is 0.261 e. The molecule has 0 radical (unpaired) electrons. The largest absolute Gasteiger partial charge is 0.375 e. The molecular formula is C9H10Br2F2OS. The Hall–Kier alpha value is 0.480. The Balaban J connectivity index is 2.21. The molecule has 0 saturated heterocycles. The number of alkyl halides is 3. The van der Waals surface area contributed by atoms with Crippen LogP contribution in [0.3, 0.4) is 0 Å². The first kappa shape index (κ1) is 13.5. The van der Waals surface area contributed by atoms with Crippen LogP contribution in [0.5, 0.6) is 0 Å². The highest BCUT2D eigenvalue weighted by Gasteiger charge is 2.10. The summed E-state index contributed by atoms with van der Waals surface area (Å²) in [6, 6.07) is 3.97. The van der Waals surface area contributed by atoms with Gasteiger partial charge in [-0.3, -0.25) is 0 Å². The molecule has 0 amide bonds. The van der Waals surface area contributed by atoms with Gasteiger partial charge in [-0.15, -0.1) is 11.3 Å². The van der Waals surface area contributed by atoms with Crippen molar-refractivity contribution in [2.45, 2.75) is 17.7 Å². The molecule has 0 aromatic carbocycles. The van der Waals surface area contributed by atoms with Gasteiger partial charge in [0.2, 0.25) is 0 Å². The van der Waals surface area contributed by atoms with Gasteiger partial charge in [0.1, 0.15) is 6.61 Å². The van der Waals surface area contributed by atoms with Crippen LogP contribution in [0.15, 0.2) is 15.9 Å². The molecule has 6 heteroatoms. The summed E-state index contributed by atoms with van der Waals surface area (Å²) in [5.74, 6) is 0. The molecule has 1 rings (SSSR count). The molecule has 1 atom stereocenters.